The van der Waals surface area contributed by atoms with Crippen molar-refractivity contribution in [2.75, 3.05) is 13.6 Å². The zero-order valence-corrected chi connectivity index (χ0v) is 11.6. The van der Waals surface area contributed by atoms with Crippen molar-refractivity contribution in [1.82, 2.24) is 4.90 Å². The van der Waals surface area contributed by atoms with Crippen molar-refractivity contribution in [3.05, 3.63) is 46.5 Å². The second-order valence-corrected chi connectivity index (χ2v) is 4.91. The van der Waals surface area contributed by atoms with E-state index in [9.17, 15) is 4.79 Å². The number of hydrogen-bond donors (Lipinski definition) is 1. The van der Waals surface area contributed by atoms with E-state index in [1.54, 1.807) is 0 Å². The van der Waals surface area contributed by atoms with Crippen molar-refractivity contribution >= 4 is 17.6 Å². The van der Waals surface area contributed by atoms with Crippen molar-refractivity contribution < 1.29 is 9.90 Å². The van der Waals surface area contributed by atoms with Crippen LogP contribution in [0.1, 0.15) is 25.5 Å². The first kappa shape index (κ1) is 14.7. The number of rotatable bonds is 5. The van der Waals surface area contributed by atoms with E-state index < -0.39 is 5.97 Å². The summed E-state index contributed by atoms with van der Waals surface area (Å²) in [4.78, 5) is 12.6. The van der Waals surface area contributed by atoms with Crippen LogP contribution in [0, 0.1) is 0 Å². The highest BCUT2D eigenvalue weighted by Gasteiger charge is 2.12. The quantitative estimate of drug-likeness (QED) is 0.832. The number of carboxylic acid groups (broad SMARTS) is 1. The summed E-state index contributed by atoms with van der Waals surface area (Å²) in [5.74, 6) is -0.906. The van der Waals surface area contributed by atoms with Gasteiger partial charge >= 0.3 is 5.97 Å². The molecule has 0 amide bonds. The number of likely N-dealkylation sites (N-methyl/N-ethyl adjacent to an activating group) is 1. The van der Waals surface area contributed by atoms with Crippen LogP contribution < -0.4 is 0 Å². The Morgan fingerprint density at radius 2 is 2.22 bits per heavy atom. The van der Waals surface area contributed by atoms with E-state index >= 15 is 0 Å². The Morgan fingerprint density at radius 3 is 2.78 bits per heavy atom. The summed E-state index contributed by atoms with van der Waals surface area (Å²) >= 11 is 5.96. The van der Waals surface area contributed by atoms with Crippen LogP contribution >= 0.6 is 11.6 Å². The van der Waals surface area contributed by atoms with Crippen molar-refractivity contribution in [3.8, 4) is 0 Å². The smallest absolute Gasteiger partial charge is 0.328 e. The lowest BCUT2D eigenvalue weighted by Gasteiger charge is -2.25. The lowest BCUT2D eigenvalue weighted by Crippen LogP contribution is -2.24. The number of hydrogen-bond acceptors (Lipinski definition) is 2. The minimum Gasteiger partial charge on any atom is -0.478 e. The molecule has 1 unspecified atom stereocenters. The van der Waals surface area contributed by atoms with Crippen LogP contribution in [-0.2, 0) is 4.79 Å². The molecule has 0 aromatic heterocycles. The van der Waals surface area contributed by atoms with Crippen molar-refractivity contribution in [2.24, 2.45) is 0 Å². The molecule has 0 bridgehead atoms. The molecule has 0 spiro atoms. The molecular formula is C14H18ClNO2. The molecule has 1 N–H and O–H groups in total. The molecule has 18 heavy (non-hydrogen) atoms. The third kappa shape index (κ3) is 4.51. The van der Waals surface area contributed by atoms with E-state index in [1.807, 2.05) is 38.2 Å². The highest BCUT2D eigenvalue weighted by molar-refractivity contribution is 6.30. The van der Waals surface area contributed by atoms with Gasteiger partial charge < -0.3 is 5.11 Å². The zero-order valence-electron chi connectivity index (χ0n) is 10.9. The van der Waals surface area contributed by atoms with Crippen LogP contribution in [0.3, 0.4) is 0 Å². The van der Waals surface area contributed by atoms with Gasteiger partial charge in [-0.25, -0.2) is 4.79 Å². The van der Waals surface area contributed by atoms with Crippen LogP contribution in [0.15, 0.2) is 35.9 Å². The van der Waals surface area contributed by atoms with Gasteiger partial charge in [0.15, 0.2) is 0 Å². The van der Waals surface area contributed by atoms with Crippen LogP contribution in [0.5, 0.6) is 0 Å². The Morgan fingerprint density at radius 1 is 1.56 bits per heavy atom. The van der Waals surface area contributed by atoms with Gasteiger partial charge in [-0.3, -0.25) is 4.90 Å². The number of carbonyl (C=O) groups is 1. The van der Waals surface area contributed by atoms with Gasteiger partial charge in [-0.15, -0.1) is 0 Å². The second kappa shape index (κ2) is 6.57. The average Bonchev–Trinajstić information content (AvgIpc) is 2.26. The molecule has 1 rings (SSSR count). The Hall–Kier alpha value is -1.32. The van der Waals surface area contributed by atoms with Crippen LogP contribution in [0.2, 0.25) is 5.02 Å². The molecule has 0 saturated carbocycles. The van der Waals surface area contributed by atoms with E-state index in [1.165, 1.54) is 6.08 Å². The summed E-state index contributed by atoms with van der Waals surface area (Å²) in [5, 5.41) is 9.39. The molecule has 0 fully saturated rings. The van der Waals surface area contributed by atoms with Crippen LogP contribution in [0.25, 0.3) is 0 Å². The molecule has 1 aromatic rings. The van der Waals surface area contributed by atoms with Crippen molar-refractivity contribution in [3.63, 3.8) is 0 Å². The number of aliphatic carboxylic acids is 1. The van der Waals surface area contributed by atoms with E-state index in [2.05, 4.69) is 11.8 Å². The van der Waals surface area contributed by atoms with Gasteiger partial charge in [-0.2, -0.15) is 0 Å². The van der Waals surface area contributed by atoms with Crippen LogP contribution in [0.4, 0.5) is 0 Å². The SMILES string of the molecule is CC(=CC(=O)O)CN(C)C(C)c1cccc(Cl)c1. The summed E-state index contributed by atoms with van der Waals surface area (Å²) in [6.07, 6.45) is 1.24. The van der Waals surface area contributed by atoms with Gasteiger partial charge in [-0.1, -0.05) is 29.3 Å². The molecule has 0 aliphatic heterocycles. The minimum absolute atomic E-state index is 0.181. The first-order chi connectivity index (χ1) is 8.40. The molecule has 4 heteroatoms. The molecule has 1 atom stereocenters. The lowest BCUT2D eigenvalue weighted by molar-refractivity contribution is -0.131. The van der Waals surface area contributed by atoms with Crippen molar-refractivity contribution in [2.45, 2.75) is 19.9 Å². The Balaban J connectivity index is 2.72. The lowest BCUT2D eigenvalue weighted by atomic mass is 10.1. The van der Waals surface area contributed by atoms with Crippen molar-refractivity contribution in [1.29, 1.82) is 0 Å². The topological polar surface area (TPSA) is 40.5 Å². The maximum absolute atomic E-state index is 10.6. The van der Waals surface area contributed by atoms with Gasteiger partial charge in [0.1, 0.15) is 0 Å². The third-order valence-electron chi connectivity index (χ3n) is 2.86. The molecule has 0 aliphatic rings. The third-order valence-corrected chi connectivity index (χ3v) is 3.10. The number of carboxylic acids is 1. The van der Waals surface area contributed by atoms with E-state index in [0.29, 0.717) is 11.6 Å². The fourth-order valence-electron chi connectivity index (χ4n) is 1.81. The molecule has 0 radical (unpaired) electrons. The van der Waals surface area contributed by atoms with E-state index in [0.717, 1.165) is 11.1 Å². The average molecular weight is 268 g/mol. The summed E-state index contributed by atoms with van der Waals surface area (Å²) in [5.41, 5.74) is 1.94. The van der Waals surface area contributed by atoms with E-state index in [4.69, 9.17) is 16.7 Å². The van der Waals surface area contributed by atoms with Crippen LogP contribution in [-0.4, -0.2) is 29.6 Å². The fourth-order valence-corrected chi connectivity index (χ4v) is 2.01. The highest BCUT2D eigenvalue weighted by atomic mass is 35.5. The number of benzene rings is 1. The highest BCUT2D eigenvalue weighted by Crippen LogP contribution is 2.22. The fraction of sp³-hybridized carbons (Fsp3) is 0.357. The first-order valence-corrected chi connectivity index (χ1v) is 6.13. The first-order valence-electron chi connectivity index (χ1n) is 5.76. The summed E-state index contributed by atoms with van der Waals surface area (Å²) < 4.78 is 0. The molecule has 98 valence electrons. The predicted octanol–water partition coefficient (Wildman–Crippen LogP) is 3.36. The Labute approximate surface area is 113 Å². The second-order valence-electron chi connectivity index (χ2n) is 4.48. The molecule has 0 aliphatic carbocycles. The molecule has 0 saturated heterocycles. The summed E-state index contributed by atoms with van der Waals surface area (Å²) in [7, 11) is 1.96. The number of nitrogens with zero attached hydrogens (tertiary/aromatic N) is 1. The maximum atomic E-state index is 10.6. The van der Waals surface area contributed by atoms with Gasteiger partial charge in [0, 0.05) is 23.7 Å². The van der Waals surface area contributed by atoms with Gasteiger partial charge in [-0.05, 0) is 38.6 Å². The standard InChI is InChI=1S/C14H18ClNO2/c1-10(7-14(17)18)9-16(3)11(2)12-5-4-6-13(15)8-12/h4-8,11H,9H2,1-3H3,(H,17,18). The monoisotopic (exact) mass is 267 g/mol. The molecule has 0 heterocycles. The van der Waals surface area contributed by atoms with Gasteiger partial charge in [0.2, 0.25) is 0 Å². The number of halogens is 1. The van der Waals surface area contributed by atoms with E-state index in [-0.39, 0.29) is 6.04 Å². The molecular weight excluding hydrogens is 250 g/mol. The predicted molar refractivity (Wildman–Crippen MR) is 73.9 cm³/mol. The normalized spacial score (nSPS) is 13.7. The zero-order chi connectivity index (χ0) is 13.7. The largest absolute Gasteiger partial charge is 0.478 e. The molecule has 1 aromatic carbocycles. The summed E-state index contributed by atoms with van der Waals surface area (Å²) in [6.45, 7) is 4.50. The maximum Gasteiger partial charge on any atom is 0.328 e. The molecule has 3 nitrogen and oxygen atoms in total. The summed E-state index contributed by atoms with van der Waals surface area (Å²) in [6, 6.07) is 7.89. The minimum atomic E-state index is -0.906. The Kier molecular flexibility index (Phi) is 5.38. The van der Waals surface area contributed by atoms with Gasteiger partial charge in [0.25, 0.3) is 0 Å². The Bertz CT molecular complexity index is 457. The van der Waals surface area contributed by atoms with Gasteiger partial charge in [0.05, 0.1) is 0 Å².